The van der Waals surface area contributed by atoms with E-state index in [2.05, 4.69) is 5.32 Å². The van der Waals surface area contributed by atoms with Crippen molar-refractivity contribution >= 4 is 27.5 Å². The molecule has 0 bridgehead atoms. The first-order valence-corrected chi connectivity index (χ1v) is 14.5. The first-order chi connectivity index (χ1) is 18.7. The van der Waals surface area contributed by atoms with Crippen LogP contribution in [0.15, 0.2) is 78.9 Å². The van der Waals surface area contributed by atoms with Crippen LogP contribution in [-0.4, -0.2) is 57.6 Å². The Morgan fingerprint density at radius 2 is 1.46 bits per heavy atom. The number of anilines is 1. The molecule has 0 fully saturated rings. The molecule has 0 saturated carbocycles. The lowest BCUT2D eigenvalue weighted by atomic mass is 10.1. The molecule has 3 aromatic carbocycles. The zero-order valence-electron chi connectivity index (χ0n) is 22.7. The first-order valence-electron chi connectivity index (χ1n) is 12.7. The number of methoxy groups -OCH3 is 1. The lowest BCUT2D eigenvalue weighted by molar-refractivity contribution is -0.140. The highest BCUT2D eigenvalue weighted by Gasteiger charge is 2.31. The first kappa shape index (κ1) is 29.5. The van der Waals surface area contributed by atoms with Crippen LogP contribution in [0.1, 0.15) is 25.8 Å². The lowest BCUT2D eigenvalue weighted by Crippen LogP contribution is -2.52. The number of nitrogens with one attached hydrogen (secondary N) is 1. The van der Waals surface area contributed by atoms with E-state index < -0.39 is 28.5 Å². The molecule has 1 N–H and O–H groups in total. The number of ether oxygens (including phenoxy) is 2. The van der Waals surface area contributed by atoms with Crippen LogP contribution in [0.2, 0.25) is 0 Å². The van der Waals surface area contributed by atoms with Gasteiger partial charge in [0.2, 0.25) is 21.8 Å². The summed E-state index contributed by atoms with van der Waals surface area (Å²) in [5, 5.41) is 2.78. The summed E-state index contributed by atoms with van der Waals surface area (Å²) in [6.07, 6.45) is 1.40. The largest absolute Gasteiger partial charge is 0.497 e. The molecule has 0 radical (unpaired) electrons. The van der Waals surface area contributed by atoms with Gasteiger partial charge in [0.05, 0.1) is 19.1 Å². The molecule has 0 aromatic heterocycles. The lowest BCUT2D eigenvalue weighted by Gasteiger charge is -2.32. The van der Waals surface area contributed by atoms with Crippen molar-refractivity contribution < 1.29 is 27.5 Å². The highest BCUT2D eigenvalue weighted by molar-refractivity contribution is 7.92. The summed E-state index contributed by atoms with van der Waals surface area (Å²) in [5.41, 5.74) is 1.09. The maximum Gasteiger partial charge on any atom is 0.244 e. The van der Waals surface area contributed by atoms with Gasteiger partial charge in [0.15, 0.2) is 0 Å². The number of likely N-dealkylation sites (N-methyl/N-ethyl adjacent to an activating group) is 1. The summed E-state index contributed by atoms with van der Waals surface area (Å²) in [7, 11) is -2.27. The molecular formula is C29H35N3O6S. The van der Waals surface area contributed by atoms with Gasteiger partial charge >= 0.3 is 0 Å². The molecule has 39 heavy (non-hydrogen) atoms. The fourth-order valence-electron chi connectivity index (χ4n) is 4.06. The zero-order valence-corrected chi connectivity index (χ0v) is 23.5. The van der Waals surface area contributed by atoms with Crippen LogP contribution >= 0.6 is 0 Å². The highest BCUT2D eigenvalue weighted by atomic mass is 32.2. The molecule has 3 rings (SSSR count). The van der Waals surface area contributed by atoms with Gasteiger partial charge in [-0.25, -0.2) is 8.42 Å². The average Bonchev–Trinajstić information content (AvgIpc) is 2.92. The summed E-state index contributed by atoms with van der Waals surface area (Å²) in [6.45, 7) is 3.68. The van der Waals surface area contributed by atoms with Crippen molar-refractivity contribution in [3.8, 4) is 17.2 Å². The summed E-state index contributed by atoms with van der Waals surface area (Å²) < 4.78 is 37.7. The van der Waals surface area contributed by atoms with E-state index in [1.807, 2.05) is 49.4 Å². The number of amides is 2. The summed E-state index contributed by atoms with van der Waals surface area (Å²) >= 11 is 0. The van der Waals surface area contributed by atoms with E-state index in [9.17, 15) is 18.0 Å². The maximum absolute atomic E-state index is 13.7. The van der Waals surface area contributed by atoms with E-state index in [1.165, 1.54) is 4.90 Å². The number of carbonyl (C=O) groups excluding carboxylic acids is 2. The van der Waals surface area contributed by atoms with Gasteiger partial charge in [0.1, 0.15) is 29.8 Å². The van der Waals surface area contributed by atoms with E-state index >= 15 is 0 Å². The molecule has 0 heterocycles. The van der Waals surface area contributed by atoms with Gasteiger partial charge in [0.25, 0.3) is 0 Å². The van der Waals surface area contributed by atoms with Crippen LogP contribution in [0.5, 0.6) is 17.2 Å². The molecule has 1 atom stereocenters. The predicted octanol–water partition coefficient (Wildman–Crippen LogP) is 4.20. The Morgan fingerprint density at radius 1 is 0.872 bits per heavy atom. The third-order valence-electron chi connectivity index (χ3n) is 6.03. The summed E-state index contributed by atoms with van der Waals surface area (Å²) in [5.74, 6) is 1.03. The van der Waals surface area contributed by atoms with Crippen molar-refractivity contribution in [2.45, 2.75) is 32.9 Å². The van der Waals surface area contributed by atoms with Crippen LogP contribution in [-0.2, 0) is 26.2 Å². The van der Waals surface area contributed by atoms with Gasteiger partial charge in [-0.1, -0.05) is 37.3 Å². The number of rotatable bonds is 13. The van der Waals surface area contributed by atoms with Gasteiger partial charge in [-0.15, -0.1) is 0 Å². The van der Waals surface area contributed by atoms with Gasteiger partial charge in [-0.2, -0.15) is 0 Å². The third-order valence-corrected chi connectivity index (χ3v) is 7.17. The molecule has 9 nitrogen and oxygen atoms in total. The maximum atomic E-state index is 13.7. The minimum Gasteiger partial charge on any atom is -0.497 e. The molecular weight excluding hydrogens is 518 g/mol. The molecule has 0 spiro atoms. The van der Waals surface area contributed by atoms with E-state index in [0.29, 0.717) is 35.9 Å². The standard InChI is InChI=1S/C29H35N3O6S/c1-5-27(29(34)30-6-2)31(20-22-12-16-24(37-3)17-13-22)28(33)21-32(39(4,35)36)23-14-18-26(19-15-23)38-25-10-8-7-9-11-25/h7-19,27H,5-6,20-21H2,1-4H3,(H,30,34)/t27-/m1/s1. The Kier molecular flexibility index (Phi) is 10.3. The number of nitrogens with zero attached hydrogens (tertiary/aromatic N) is 2. The number of hydrogen-bond donors (Lipinski definition) is 1. The van der Waals surface area contributed by atoms with E-state index in [4.69, 9.17) is 9.47 Å². The van der Waals surface area contributed by atoms with Crippen molar-refractivity contribution in [3.05, 3.63) is 84.4 Å². The predicted molar refractivity (Wildman–Crippen MR) is 151 cm³/mol. The average molecular weight is 554 g/mol. The second kappa shape index (κ2) is 13.7. The van der Waals surface area contributed by atoms with Gasteiger partial charge in [0, 0.05) is 13.1 Å². The molecule has 0 aliphatic heterocycles. The Balaban J connectivity index is 1.88. The van der Waals surface area contributed by atoms with Crippen LogP contribution < -0.4 is 19.1 Å². The van der Waals surface area contributed by atoms with E-state index in [-0.39, 0.29) is 12.5 Å². The van der Waals surface area contributed by atoms with Crippen molar-refractivity contribution in [2.75, 3.05) is 30.8 Å². The Labute approximate surface area is 230 Å². The Bertz CT molecular complexity index is 1330. The summed E-state index contributed by atoms with van der Waals surface area (Å²) in [6, 6.07) is 22.0. The fraction of sp³-hybridized carbons (Fsp3) is 0.310. The number of carbonyl (C=O) groups is 2. The van der Waals surface area contributed by atoms with Gasteiger partial charge in [-0.3, -0.25) is 13.9 Å². The van der Waals surface area contributed by atoms with Crippen LogP contribution in [0.3, 0.4) is 0 Å². The monoisotopic (exact) mass is 553 g/mol. The third kappa shape index (κ3) is 8.22. The highest BCUT2D eigenvalue weighted by Crippen LogP contribution is 2.26. The van der Waals surface area contributed by atoms with Crippen molar-refractivity contribution in [2.24, 2.45) is 0 Å². The quantitative estimate of drug-likeness (QED) is 0.340. The molecule has 0 aliphatic carbocycles. The normalized spacial score (nSPS) is 11.8. The number of hydrogen-bond acceptors (Lipinski definition) is 6. The van der Waals surface area contributed by atoms with Crippen molar-refractivity contribution in [1.29, 1.82) is 0 Å². The second-order valence-electron chi connectivity index (χ2n) is 8.87. The fourth-order valence-corrected chi connectivity index (χ4v) is 4.91. The second-order valence-corrected chi connectivity index (χ2v) is 10.8. The molecule has 0 unspecified atom stereocenters. The number of para-hydroxylation sites is 1. The Hall–Kier alpha value is -4.05. The van der Waals surface area contributed by atoms with Crippen LogP contribution in [0.4, 0.5) is 5.69 Å². The molecule has 3 aromatic rings. The van der Waals surface area contributed by atoms with Crippen molar-refractivity contribution in [3.63, 3.8) is 0 Å². The van der Waals surface area contributed by atoms with E-state index in [0.717, 1.165) is 16.1 Å². The SMILES string of the molecule is CCNC(=O)[C@@H](CC)N(Cc1ccc(OC)cc1)C(=O)CN(c1ccc(Oc2ccccc2)cc1)S(C)(=O)=O. The molecule has 2 amide bonds. The minimum atomic E-state index is -3.84. The number of sulfonamides is 1. The zero-order chi connectivity index (χ0) is 28.4. The molecule has 10 heteroatoms. The molecule has 0 aliphatic rings. The van der Waals surface area contributed by atoms with Crippen molar-refractivity contribution in [1.82, 2.24) is 10.2 Å². The van der Waals surface area contributed by atoms with Crippen LogP contribution in [0, 0.1) is 0 Å². The van der Waals surface area contributed by atoms with Gasteiger partial charge < -0.3 is 19.7 Å². The summed E-state index contributed by atoms with van der Waals surface area (Å²) in [4.78, 5) is 28.0. The van der Waals surface area contributed by atoms with Crippen LogP contribution in [0.25, 0.3) is 0 Å². The van der Waals surface area contributed by atoms with Gasteiger partial charge in [-0.05, 0) is 67.4 Å². The topological polar surface area (TPSA) is 105 Å². The smallest absolute Gasteiger partial charge is 0.244 e. The molecule has 0 saturated heterocycles. The molecule has 208 valence electrons. The Morgan fingerprint density at radius 3 is 2.00 bits per heavy atom. The van der Waals surface area contributed by atoms with E-state index in [1.54, 1.807) is 50.4 Å². The minimum absolute atomic E-state index is 0.125. The number of benzene rings is 3.